The molecule has 21 heavy (non-hydrogen) atoms. The maximum atomic E-state index is 5.45. The molecule has 0 aromatic heterocycles. The molecule has 1 atom stereocenters. The molecule has 2 aromatic carbocycles. The van der Waals surface area contributed by atoms with Crippen molar-refractivity contribution in [2.24, 2.45) is 11.3 Å². The van der Waals surface area contributed by atoms with Crippen LogP contribution in [0.3, 0.4) is 0 Å². The number of fused-ring (bicyclic) bond motifs is 1. The molecule has 0 saturated carbocycles. The summed E-state index contributed by atoms with van der Waals surface area (Å²) in [7, 11) is 1.73. The molecule has 0 radical (unpaired) electrons. The minimum Gasteiger partial charge on any atom is -0.496 e. The third-order valence-electron chi connectivity index (χ3n) is 4.44. The van der Waals surface area contributed by atoms with E-state index in [9.17, 15) is 0 Å². The fourth-order valence-corrected chi connectivity index (χ4v) is 2.40. The molecule has 2 aromatic rings. The minimum atomic E-state index is 0.342. The van der Waals surface area contributed by atoms with Crippen LogP contribution in [0.4, 0.5) is 0 Å². The zero-order chi connectivity index (χ0) is 15.5. The van der Waals surface area contributed by atoms with E-state index >= 15 is 0 Å². The highest BCUT2D eigenvalue weighted by Crippen LogP contribution is 2.28. The van der Waals surface area contributed by atoms with Crippen LogP contribution in [-0.2, 0) is 6.54 Å². The molecule has 2 rings (SSSR count). The van der Waals surface area contributed by atoms with Crippen LogP contribution >= 0.6 is 0 Å². The van der Waals surface area contributed by atoms with Gasteiger partial charge < -0.3 is 10.1 Å². The van der Waals surface area contributed by atoms with Crippen LogP contribution in [0.25, 0.3) is 10.8 Å². The average molecular weight is 285 g/mol. The van der Waals surface area contributed by atoms with Gasteiger partial charge in [-0.3, -0.25) is 0 Å². The zero-order valence-corrected chi connectivity index (χ0v) is 13.9. The summed E-state index contributed by atoms with van der Waals surface area (Å²) in [6.07, 6.45) is 0. The zero-order valence-electron chi connectivity index (χ0n) is 13.9. The van der Waals surface area contributed by atoms with Crippen LogP contribution in [0.15, 0.2) is 36.4 Å². The van der Waals surface area contributed by atoms with Crippen molar-refractivity contribution in [3.63, 3.8) is 0 Å². The van der Waals surface area contributed by atoms with Gasteiger partial charge in [0.05, 0.1) is 7.11 Å². The molecule has 114 valence electrons. The molecule has 0 aliphatic rings. The second-order valence-electron chi connectivity index (χ2n) is 6.87. The highest BCUT2D eigenvalue weighted by atomic mass is 16.5. The Morgan fingerprint density at radius 1 is 1.05 bits per heavy atom. The van der Waals surface area contributed by atoms with E-state index in [2.05, 4.69) is 69.4 Å². The summed E-state index contributed by atoms with van der Waals surface area (Å²) < 4.78 is 5.45. The van der Waals surface area contributed by atoms with E-state index in [1.54, 1.807) is 7.11 Å². The van der Waals surface area contributed by atoms with Crippen molar-refractivity contribution < 1.29 is 4.74 Å². The standard InChI is InChI=1S/C19H27NO/c1-14(19(2,3)4)12-20-13-15-10-11-18(21-5)17-9-7-6-8-16(15)17/h6-11,14,20H,12-13H2,1-5H3. The van der Waals surface area contributed by atoms with E-state index in [-0.39, 0.29) is 0 Å². The first kappa shape index (κ1) is 15.8. The number of rotatable bonds is 5. The lowest BCUT2D eigenvalue weighted by Crippen LogP contribution is -2.29. The van der Waals surface area contributed by atoms with Crippen molar-refractivity contribution in [2.75, 3.05) is 13.7 Å². The first-order valence-electron chi connectivity index (χ1n) is 7.69. The molecular formula is C19H27NO. The van der Waals surface area contributed by atoms with Crippen molar-refractivity contribution in [1.29, 1.82) is 0 Å². The van der Waals surface area contributed by atoms with Crippen molar-refractivity contribution in [3.8, 4) is 5.75 Å². The summed E-state index contributed by atoms with van der Waals surface area (Å²) in [5.74, 6) is 1.58. The maximum absolute atomic E-state index is 5.45. The van der Waals surface area contributed by atoms with Crippen molar-refractivity contribution >= 4 is 10.8 Å². The SMILES string of the molecule is COc1ccc(CNCC(C)C(C)(C)C)c2ccccc12. The molecule has 1 N–H and O–H groups in total. The van der Waals surface area contributed by atoms with Gasteiger partial charge in [0.15, 0.2) is 0 Å². The molecule has 0 saturated heterocycles. The molecule has 2 nitrogen and oxygen atoms in total. The van der Waals surface area contributed by atoms with Gasteiger partial charge in [-0.2, -0.15) is 0 Å². The van der Waals surface area contributed by atoms with Crippen LogP contribution in [-0.4, -0.2) is 13.7 Å². The van der Waals surface area contributed by atoms with Crippen molar-refractivity contribution in [3.05, 3.63) is 42.0 Å². The van der Waals surface area contributed by atoms with Gasteiger partial charge in [-0.1, -0.05) is 58.0 Å². The van der Waals surface area contributed by atoms with E-state index in [0.29, 0.717) is 11.3 Å². The molecule has 0 heterocycles. The number of hydrogen-bond donors (Lipinski definition) is 1. The number of nitrogens with one attached hydrogen (secondary N) is 1. The van der Waals surface area contributed by atoms with E-state index in [0.717, 1.165) is 18.8 Å². The van der Waals surface area contributed by atoms with Gasteiger partial charge in [-0.05, 0) is 34.9 Å². The first-order chi connectivity index (χ1) is 9.93. The van der Waals surface area contributed by atoms with Gasteiger partial charge in [0.2, 0.25) is 0 Å². The summed E-state index contributed by atoms with van der Waals surface area (Å²) in [4.78, 5) is 0. The first-order valence-corrected chi connectivity index (χ1v) is 7.69. The van der Waals surface area contributed by atoms with Crippen molar-refractivity contribution in [1.82, 2.24) is 5.32 Å². The summed E-state index contributed by atoms with van der Waals surface area (Å²) in [5.41, 5.74) is 1.67. The highest BCUT2D eigenvalue weighted by molar-refractivity contribution is 5.91. The molecule has 0 aliphatic carbocycles. The third-order valence-corrected chi connectivity index (χ3v) is 4.44. The van der Waals surface area contributed by atoms with Crippen LogP contribution in [0.5, 0.6) is 5.75 Å². The Labute approximate surface area is 128 Å². The largest absolute Gasteiger partial charge is 0.496 e. The molecular weight excluding hydrogens is 258 g/mol. The smallest absolute Gasteiger partial charge is 0.126 e. The van der Waals surface area contributed by atoms with Gasteiger partial charge in [0.1, 0.15) is 5.75 Å². The fraction of sp³-hybridized carbons (Fsp3) is 0.474. The Kier molecular flexibility index (Phi) is 4.89. The Morgan fingerprint density at radius 3 is 2.33 bits per heavy atom. The van der Waals surface area contributed by atoms with Gasteiger partial charge in [-0.25, -0.2) is 0 Å². The normalized spacial score (nSPS) is 13.4. The molecule has 0 spiro atoms. The second kappa shape index (κ2) is 6.48. The average Bonchev–Trinajstić information content (AvgIpc) is 2.46. The topological polar surface area (TPSA) is 21.3 Å². The Bertz CT molecular complexity index is 598. The lowest BCUT2D eigenvalue weighted by molar-refractivity contribution is 0.252. The Hall–Kier alpha value is -1.54. The summed E-state index contributed by atoms with van der Waals surface area (Å²) in [6.45, 7) is 11.1. The molecule has 0 fully saturated rings. The summed E-state index contributed by atoms with van der Waals surface area (Å²) >= 11 is 0. The third kappa shape index (κ3) is 3.76. The Balaban J connectivity index is 2.13. The van der Waals surface area contributed by atoms with E-state index < -0.39 is 0 Å². The van der Waals surface area contributed by atoms with Crippen LogP contribution in [0.1, 0.15) is 33.3 Å². The number of methoxy groups -OCH3 is 1. The van der Waals surface area contributed by atoms with E-state index in [1.807, 2.05) is 0 Å². The molecule has 0 aliphatic heterocycles. The molecule has 1 unspecified atom stereocenters. The maximum Gasteiger partial charge on any atom is 0.126 e. The summed E-state index contributed by atoms with van der Waals surface area (Å²) in [6, 6.07) is 12.7. The van der Waals surface area contributed by atoms with Gasteiger partial charge in [-0.15, -0.1) is 0 Å². The predicted molar refractivity (Wildman–Crippen MR) is 90.8 cm³/mol. The molecule has 0 amide bonds. The van der Waals surface area contributed by atoms with Gasteiger partial charge in [0, 0.05) is 11.9 Å². The van der Waals surface area contributed by atoms with Crippen LogP contribution in [0.2, 0.25) is 0 Å². The van der Waals surface area contributed by atoms with E-state index in [1.165, 1.54) is 16.3 Å². The number of hydrogen-bond acceptors (Lipinski definition) is 2. The predicted octanol–water partition coefficient (Wildman–Crippen LogP) is 4.62. The minimum absolute atomic E-state index is 0.342. The fourth-order valence-electron chi connectivity index (χ4n) is 2.40. The van der Waals surface area contributed by atoms with Gasteiger partial charge >= 0.3 is 0 Å². The molecule has 0 bridgehead atoms. The monoisotopic (exact) mass is 285 g/mol. The highest BCUT2D eigenvalue weighted by Gasteiger charge is 2.19. The summed E-state index contributed by atoms with van der Waals surface area (Å²) in [5, 5.41) is 6.05. The van der Waals surface area contributed by atoms with E-state index in [4.69, 9.17) is 4.74 Å². The van der Waals surface area contributed by atoms with Crippen molar-refractivity contribution in [2.45, 2.75) is 34.2 Å². The lowest BCUT2D eigenvalue weighted by Gasteiger charge is -2.27. The lowest BCUT2D eigenvalue weighted by atomic mass is 9.82. The number of ether oxygens (including phenoxy) is 1. The molecule has 2 heteroatoms. The van der Waals surface area contributed by atoms with Crippen LogP contribution in [0, 0.1) is 11.3 Å². The van der Waals surface area contributed by atoms with Gasteiger partial charge in [0.25, 0.3) is 0 Å². The number of benzene rings is 2. The Morgan fingerprint density at radius 2 is 1.71 bits per heavy atom. The quantitative estimate of drug-likeness (QED) is 0.865. The second-order valence-corrected chi connectivity index (χ2v) is 6.87. The van der Waals surface area contributed by atoms with Crippen LogP contribution < -0.4 is 10.1 Å².